The van der Waals surface area contributed by atoms with Gasteiger partial charge in [-0.3, -0.25) is 9.59 Å². The van der Waals surface area contributed by atoms with Crippen molar-refractivity contribution in [2.75, 3.05) is 33.3 Å². The quantitative estimate of drug-likeness (QED) is 0.504. The molecule has 0 aromatic heterocycles. The molecule has 0 aromatic rings. The lowest BCUT2D eigenvalue weighted by Crippen LogP contribution is -2.38. The molecule has 0 unspecified atom stereocenters. The predicted molar refractivity (Wildman–Crippen MR) is 77.8 cm³/mol. The predicted octanol–water partition coefficient (Wildman–Crippen LogP) is 0.714. The molecule has 0 bridgehead atoms. The number of rotatable bonds is 7. The fourth-order valence-corrected chi connectivity index (χ4v) is 3.00. The van der Waals surface area contributed by atoms with Crippen molar-refractivity contribution in [3.63, 3.8) is 0 Å². The smallest absolute Gasteiger partial charge is 0.374 e. The highest BCUT2D eigenvalue weighted by Gasteiger charge is 2.29. The number of nitrogens with zero attached hydrogens (tertiary/aromatic N) is 2. The summed E-state index contributed by atoms with van der Waals surface area (Å²) in [4.78, 5) is 24.7. The minimum absolute atomic E-state index is 0.0375. The summed E-state index contributed by atoms with van der Waals surface area (Å²) in [5, 5.41) is 0. The van der Waals surface area contributed by atoms with E-state index < -0.39 is 10.4 Å². The highest BCUT2D eigenvalue weighted by molar-refractivity contribution is 7.83. The van der Waals surface area contributed by atoms with Crippen LogP contribution in [0.1, 0.15) is 32.6 Å². The van der Waals surface area contributed by atoms with Crippen molar-refractivity contribution in [3.8, 4) is 0 Å². The Labute approximate surface area is 130 Å². The van der Waals surface area contributed by atoms with Gasteiger partial charge in [0.05, 0.1) is 13.0 Å². The first-order valence-electron chi connectivity index (χ1n) is 7.33. The molecule has 0 radical (unpaired) electrons. The molecule has 0 aromatic carbocycles. The van der Waals surface area contributed by atoms with Gasteiger partial charge in [-0.2, -0.15) is 12.7 Å². The lowest BCUT2D eigenvalue weighted by molar-refractivity contribution is -0.144. The molecule has 9 heteroatoms. The number of amides is 1. The molecule has 0 spiro atoms. The first kappa shape index (κ1) is 18.8. The van der Waals surface area contributed by atoms with Gasteiger partial charge in [-0.25, -0.2) is 0 Å². The minimum atomic E-state index is -4.63. The first-order chi connectivity index (χ1) is 10.2. The molecular weight excluding hydrogens is 315 g/mol. The molecule has 0 saturated carbocycles. The largest absolute Gasteiger partial charge is 0.466 e. The number of carbonyl (C=O) groups is 2. The van der Waals surface area contributed by atoms with E-state index in [-0.39, 0.29) is 50.3 Å². The summed E-state index contributed by atoms with van der Waals surface area (Å²) in [5.41, 5.74) is 0. The SMILES string of the molecule is CCOC(=O)CCN(C)C(=O)CC1CCN(S(=O)(=O)F)CC1. The molecule has 22 heavy (non-hydrogen) atoms. The van der Waals surface area contributed by atoms with Crippen LogP contribution < -0.4 is 0 Å². The van der Waals surface area contributed by atoms with Gasteiger partial charge in [-0.05, 0) is 25.7 Å². The molecular formula is C13H23FN2O5S. The van der Waals surface area contributed by atoms with E-state index in [1.807, 2.05) is 0 Å². The van der Waals surface area contributed by atoms with Crippen LogP contribution in [0.5, 0.6) is 0 Å². The molecule has 0 atom stereocenters. The van der Waals surface area contributed by atoms with Crippen molar-refractivity contribution < 1.29 is 26.6 Å². The van der Waals surface area contributed by atoms with Gasteiger partial charge in [-0.15, -0.1) is 0 Å². The Morgan fingerprint density at radius 3 is 2.41 bits per heavy atom. The summed E-state index contributed by atoms with van der Waals surface area (Å²) < 4.78 is 39.9. The number of esters is 1. The molecule has 128 valence electrons. The highest BCUT2D eigenvalue weighted by atomic mass is 32.3. The topological polar surface area (TPSA) is 84.0 Å². The minimum Gasteiger partial charge on any atom is -0.466 e. The van der Waals surface area contributed by atoms with Crippen LogP contribution in [0.15, 0.2) is 0 Å². The summed E-state index contributed by atoms with van der Waals surface area (Å²) in [6, 6.07) is 0. The van der Waals surface area contributed by atoms with Gasteiger partial charge in [0.15, 0.2) is 0 Å². The van der Waals surface area contributed by atoms with Gasteiger partial charge >= 0.3 is 16.4 Å². The summed E-state index contributed by atoms with van der Waals surface area (Å²) in [6.45, 7) is 2.52. The molecule has 7 nitrogen and oxygen atoms in total. The third-order valence-corrected chi connectivity index (χ3v) is 4.71. The van der Waals surface area contributed by atoms with E-state index in [9.17, 15) is 21.9 Å². The van der Waals surface area contributed by atoms with Crippen LogP contribution in [0.2, 0.25) is 0 Å². The van der Waals surface area contributed by atoms with Crippen molar-refractivity contribution in [2.24, 2.45) is 5.92 Å². The van der Waals surface area contributed by atoms with Gasteiger partial charge in [0.1, 0.15) is 0 Å². The van der Waals surface area contributed by atoms with Crippen LogP contribution in [-0.4, -0.2) is 62.8 Å². The summed E-state index contributed by atoms with van der Waals surface area (Å²) >= 11 is 0. The van der Waals surface area contributed by atoms with E-state index in [1.54, 1.807) is 14.0 Å². The molecule has 1 amide bonds. The van der Waals surface area contributed by atoms with E-state index in [1.165, 1.54) is 4.90 Å². The summed E-state index contributed by atoms with van der Waals surface area (Å²) in [5.74, 6) is -0.412. The lowest BCUT2D eigenvalue weighted by Gasteiger charge is -2.29. The average Bonchev–Trinajstić information content (AvgIpc) is 2.44. The van der Waals surface area contributed by atoms with Crippen molar-refractivity contribution >= 4 is 22.3 Å². The lowest BCUT2D eigenvalue weighted by atomic mass is 9.94. The molecule has 1 aliphatic rings. The molecule has 0 aliphatic carbocycles. The van der Waals surface area contributed by atoms with Crippen molar-refractivity contribution in [3.05, 3.63) is 0 Å². The van der Waals surface area contributed by atoms with Gasteiger partial charge < -0.3 is 9.64 Å². The van der Waals surface area contributed by atoms with Crippen molar-refractivity contribution in [2.45, 2.75) is 32.6 Å². The molecule has 1 saturated heterocycles. The van der Waals surface area contributed by atoms with Gasteiger partial charge in [-0.1, -0.05) is 3.89 Å². The van der Waals surface area contributed by atoms with Gasteiger partial charge in [0.25, 0.3) is 0 Å². The second-order valence-corrected chi connectivity index (χ2v) is 6.70. The molecule has 1 heterocycles. The number of hydrogen-bond acceptors (Lipinski definition) is 5. The summed E-state index contributed by atoms with van der Waals surface area (Å²) in [6.07, 6.45) is 1.34. The first-order valence-corrected chi connectivity index (χ1v) is 8.67. The molecule has 0 N–H and O–H groups in total. The maximum Gasteiger partial charge on any atom is 0.374 e. The molecule has 1 aliphatic heterocycles. The Morgan fingerprint density at radius 1 is 1.32 bits per heavy atom. The van der Waals surface area contributed by atoms with Crippen molar-refractivity contribution in [1.82, 2.24) is 9.21 Å². The van der Waals surface area contributed by atoms with E-state index in [2.05, 4.69) is 0 Å². The fourth-order valence-electron chi connectivity index (χ4n) is 2.35. The van der Waals surface area contributed by atoms with Crippen LogP contribution in [0.25, 0.3) is 0 Å². The van der Waals surface area contributed by atoms with Crippen LogP contribution in [-0.2, 0) is 24.7 Å². The maximum absolute atomic E-state index is 12.8. The average molecular weight is 338 g/mol. The number of ether oxygens (including phenoxy) is 1. The number of carbonyl (C=O) groups excluding carboxylic acids is 2. The van der Waals surface area contributed by atoms with Crippen LogP contribution >= 0.6 is 0 Å². The second kappa shape index (κ2) is 8.42. The van der Waals surface area contributed by atoms with E-state index in [0.717, 1.165) is 4.31 Å². The zero-order valence-corrected chi connectivity index (χ0v) is 13.8. The number of hydrogen-bond donors (Lipinski definition) is 0. The van der Waals surface area contributed by atoms with Gasteiger partial charge in [0, 0.05) is 33.1 Å². The number of piperidine rings is 1. The Kier molecular flexibility index (Phi) is 7.21. The van der Waals surface area contributed by atoms with E-state index >= 15 is 0 Å². The monoisotopic (exact) mass is 338 g/mol. The normalized spacial score (nSPS) is 17.2. The van der Waals surface area contributed by atoms with Crippen LogP contribution in [0.4, 0.5) is 3.89 Å². The Morgan fingerprint density at radius 2 is 1.91 bits per heavy atom. The zero-order valence-electron chi connectivity index (χ0n) is 13.0. The maximum atomic E-state index is 12.8. The highest BCUT2D eigenvalue weighted by Crippen LogP contribution is 2.23. The van der Waals surface area contributed by atoms with E-state index in [4.69, 9.17) is 4.74 Å². The van der Waals surface area contributed by atoms with Crippen LogP contribution in [0.3, 0.4) is 0 Å². The fraction of sp³-hybridized carbons (Fsp3) is 0.846. The van der Waals surface area contributed by atoms with Crippen molar-refractivity contribution in [1.29, 1.82) is 0 Å². The zero-order chi connectivity index (χ0) is 16.8. The van der Waals surface area contributed by atoms with E-state index in [0.29, 0.717) is 19.4 Å². The molecule has 1 rings (SSSR count). The summed E-state index contributed by atoms with van der Waals surface area (Å²) in [7, 11) is -3.02. The Hall–Kier alpha value is -1.22. The second-order valence-electron chi connectivity index (χ2n) is 5.36. The number of halogens is 1. The third-order valence-electron chi connectivity index (χ3n) is 3.73. The Bertz CT molecular complexity index is 489. The van der Waals surface area contributed by atoms with Gasteiger partial charge in [0.2, 0.25) is 5.91 Å². The molecule has 1 fully saturated rings. The Balaban J connectivity index is 2.32. The van der Waals surface area contributed by atoms with Crippen LogP contribution in [0, 0.1) is 5.92 Å². The third kappa shape index (κ3) is 6.27. The standard InChI is InChI=1S/C13H23FN2O5S/c1-3-21-13(18)6-7-15(2)12(17)10-11-4-8-16(9-5-11)22(14,19)20/h11H,3-10H2,1-2H3.